The number of carbonyl (C=O) groups excluding carboxylic acids is 2. The predicted molar refractivity (Wildman–Crippen MR) is 92.1 cm³/mol. The van der Waals surface area contributed by atoms with Crippen molar-refractivity contribution >= 4 is 23.2 Å². The quantitative estimate of drug-likeness (QED) is 0.850. The Bertz CT molecular complexity index is 781. The number of anilines is 2. The van der Waals surface area contributed by atoms with Crippen LogP contribution in [0.15, 0.2) is 41.2 Å². The van der Waals surface area contributed by atoms with E-state index in [1.807, 2.05) is 6.92 Å². The maximum Gasteiger partial charge on any atom is 0.276 e. The molecule has 0 bridgehead atoms. The van der Waals surface area contributed by atoms with Crippen molar-refractivity contribution in [2.45, 2.75) is 33.2 Å². The lowest BCUT2D eigenvalue weighted by molar-refractivity contribution is -0.114. The van der Waals surface area contributed by atoms with Crippen LogP contribution >= 0.6 is 0 Å². The van der Waals surface area contributed by atoms with E-state index in [0.717, 1.165) is 12.8 Å². The highest BCUT2D eigenvalue weighted by molar-refractivity contribution is 6.02. The van der Waals surface area contributed by atoms with Crippen molar-refractivity contribution in [1.82, 2.24) is 9.78 Å². The van der Waals surface area contributed by atoms with Gasteiger partial charge in [0.05, 0.1) is 0 Å². The van der Waals surface area contributed by atoms with Crippen molar-refractivity contribution in [3.8, 4) is 0 Å². The van der Waals surface area contributed by atoms with Gasteiger partial charge in [-0.1, -0.05) is 13.3 Å². The van der Waals surface area contributed by atoms with Gasteiger partial charge in [-0.15, -0.1) is 0 Å². The van der Waals surface area contributed by atoms with Crippen LogP contribution in [0.2, 0.25) is 0 Å². The molecule has 0 atom stereocenters. The topological polar surface area (TPSA) is 93.1 Å². The first-order valence-corrected chi connectivity index (χ1v) is 7.76. The Labute approximate surface area is 139 Å². The molecule has 0 saturated carbocycles. The van der Waals surface area contributed by atoms with Crippen LogP contribution in [0.1, 0.15) is 37.2 Å². The van der Waals surface area contributed by atoms with E-state index in [9.17, 15) is 14.4 Å². The van der Waals surface area contributed by atoms with Crippen molar-refractivity contribution < 1.29 is 9.59 Å². The summed E-state index contributed by atoms with van der Waals surface area (Å²) in [6.45, 7) is 3.93. The summed E-state index contributed by atoms with van der Waals surface area (Å²) in [5.41, 5.74) is 1.17. The molecule has 0 aliphatic rings. The normalized spacial score (nSPS) is 10.2. The first kappa shape index (κ1) is 17.4. The van der Waals surface area contributed by atoms with Crippen LogP contribution in [0.3, 0.4) is 0 Å². The fraction of sp³-hybridized carbons (Fsp3) is 0.294. The molecule has 7 heteroatoms. The number of rotatable bonds is 6. The van der Waals surface area contributed by atoms with Gasteiger partial charge < -0.3 is 10.6 Å². The van der Waals surface area contributed by atoms with Gasteiger partial charge in [0.25, 0.3) is 11.5 Å². The minimum atomic E-state index is -0.396. The van der Waals surface area contributed by atoms with Gasteiger partial charge in [-0.25, -0.2) is 4.68 Å². The number of amides is 2. The first-order chi connectivity index (χ1) is 11.5. The Kier molecular flexibility index (Phi) is 5.83. The van der Waals surface area contributed by atoms with Gasteiger partial charge in [0, 0.05) is 30.9 Å². The monoisotopic (exact) mass is 328 g/mol. The summed E-state index contributed by atoms with van der Waals surface area (Å²) in [6.07, 6.45) is 1.76. The fourth-order valence-electron chi connectivity index (χ4n) is 2.07. The molecule has 1 aromatic carbocycles. The predicted octanol–water partition coefficient (Wildman–Crippen LogP) is 2.25. The van der Waals surface area contributed by atoms with Gasteiger partial charge in [0.15, 0.2) is 0 Å². The van der Waals surface area contributed by atoms with Crippen LogP contribution in [0.4, 0.5) is 11.4 Å². The molecule has 0 radical (unpaired) electrons. The molecule has 1 heterocycles. The molecule has 1 aromatic heterocycles. The molecule has 7 nitrogen and oxygen atoms in total. The summed E-state index contributed by atoms with van der Waals surface area (Å²) in [4.78, 5) is 35.0. The van der Waals surface area contributed by atoms with E-state index >= 15 is 0 Å². The second kappa shape index (κ2) is 8.05. The minimum absolute atomic E-state index is 0.162. The molecule has 0 saturated heterocycles. The van der Waals surface area contributed by atoms with Gasteiger partial charge >= 0.3 is 0 Å². The zero-order valence-corrected chi connectivity index (χ0v) is 13.7. The van der Waals surface area contributed by atoms with E-state index in [4.69, 9.17) is 0 Å². The summed E-state index contributed by atoms with van der Waals surface area (Å²) in [6, 6.07) is 9.48. The number of benzene rings is 1. The third-order valence-electron chi connectivity index (χ3n) is 3.29. The fourth-order valence-corrected chi connectivity index (χ4v) is 2.07. The smallest absolute Gasteiger partial charge is 0.276 e. The molecular formula is C17H20N4O3. The number of hydrogen-bond acceptors (Lipinski definition) is 4. The van der Waals surface area contributed by atoms with E-state index in [2.05, 4.69) is 15.7 Å². The summed E-state index contributed by atoms with van der Waals surface area (Å²) in [5, 5.41) is 9.46. The Hall–Kier alpha value is -2.96. The second-order valence-electron chi connectivity index (χ2n) is 5.35. The third-order valence-corrected chi connectivity index (χ3v) is 3.29. The number of aryl methyl sites for hydroxylation is 1. The van der Waals surface area contributed by atoms with Crippen LogP contribution < -0.4 is 16.2 Å². The zero-order chi connectivity index (χ0) is 17.5. The van der Waals surface area contributed by atoms with Crippen LogP contribution in [0.5, 0.6) is 0 Å². The van der Waals surface area contributed by atoms with E-state index in [1.165, 1.54) is 23.7 Å². The van der Waals surface area contributed by atoms with E-state index < -0.39 is 5.91 Å². The number of carbonyl (C=O) groups is 2. The lowest BCUT2D eigenvalue weighted by Crippen LogP contribution is -2.26. The molecule has 0 aliphatic carbocycles. The Balaban J connectivity index is 2.09. The number of aromatic nitrogens is 2. The molecule has 0 spiro atoms. The van der Waals surface area contributed by atoms with Gasteiger partial charge in [-0.3, -0.25) is 14.4 Å². The molecule has 2 rings (SSSR count). The van der Waals surface area contributed by atoms with Crippen molar-refractivity contribution in [2.75, 3.05) is 10.6 Å². The maximum absolute atomic E-state index is 12.3. The number of nitrogens with zero attached hydrogens (tertiary/aromatic N) is 2. The summed E-state index contributed by atoms with van der Waals surface area (Å²) < 4.78 is 1.30. The molecule has 2 aromatic rings. The number of nitrogens with one attached hydrogen (secondary N) is 2. The van der Waals surface area contributed by atoms with Gasteiger partial charge in [-0.2, -0.15) is 5.10 Å². The molecule has 2 amide bonds. The van der Waals surface area contributed by atoms with Gasteiger partial charge in [0.2, 0.25) is 5.91 Å². The molecule has 24 heavy (non-hydrogen) atoms. The number of unbranched alkanes of at least 4 members (excludes halogenated alkanes) is 1. The highest BCUT2D eigenvalue weighted by atomic mass is 16.2. The van der Waals surface area contributed by atoms with Crippen molar-refractivity contribution in [3.05, 3.63) is 52.4 Å². The molecule has 0 fully saturated rings. The molecule has 0 unspecified atom stereocenters. The average molecular weight is 328 g/mol. The SMILES string of the molecule is CCCCn1nc(C(=O)Nc2ccc(NC(C)=O)cc2)ccc1=O. The van der Waals surface area contributed by atoms with E-state index in [0.29, 0.717) is 17.9 Å². The Morgan fingerprint density at radius 2 is 1.67 bits per heavy atom. The van der Waals surface area contributed by atoms with Crippen LogP contribution in [0, 0.1) is 0 Å². The average Bonchev–Trinajstić information content (AvgIpc) is 2.55. The molecule has 2 N–H and O–H groups in total. The molecular weight excluding hydrogens is 308 g/mol. The van der Waals surface area contributed by atoms with E-state index in [1.54, 1.807) is 24.3 Å². The minimum Gasteiger partial charge on any atom is -0.326 e. The zero-order valence-electron chi connectivity index (χ0n) is 13.7. The van der Waals surface area contributed by atoms with Crippen LogP contribution in [-0.4, -0.2) is 21.6 Å². The van der Waals surface area contributed by atoms with Gasteiger partial charge in [0.1, 0.15) is 5.69 Å². The highest BCUT2D eigenvalue weighted by Crippen LogP contribution is 2.14. The maximum atomic E-state index is 12.3. The lowest BCUT2D eigenvalue weighted by atomic mass is 10.2. The second-order valence-corrected chi connectivity index (χ2v) is 5.35. The van der Waals surface area contributed by atoms with Crippen LogP contribution in [0.25, 0.3) is 0 Å². The highest BCUT2D eigenvalue weighted by Gasteiger charge is 2.10. The third kappa shape index (κ3) is 4.77. The van der Waals surface area contributed by atoms with Crippen molar-refractivity contribution in [1.29, 1.82) is 0 Å². The first-order valence-electron chi connectivity index (χ1n) is 7.76. The van der Waals surface area contributed by atoms with Crippen LogP contribution in [-0.2, 0) is 11.3 Å². The lowest BCUT2D eigenvalue weighted by Gasteiger charge is -2.08. The standard InChI is InChI=1S/C17H20N4O3/c1-3-4-11-21-16(23)10-9-15(20-21)17(24)19-14-7-5-13(6-8-14)18-12(2)22/h5-10H,3-4,11H2,1-2H3,(H,18,22)(H,19,24). The Morgan fingerprint density at radius 1 is 1.04 bits per heavy atom. The van der Waals surface area contributed by atoms with E-state index in [-0.39, 0.29) is 17.2 Å². The summed E-state index contributed by atoms with van der Waals surface area (Å²) in [5.74, 6) is -0.558. The van der Waals surface area contributed by atoms with Crippen molar-refractivity contribution in [3.63, 3.8) is 0 Å². The molecule has 126 valence electrons. The van der Waals surface area contributed by atoms with Crippen molar-refractivity contribution in [2.24, 2.45) is 0 Å². The largest absolute Gasteiger partial charge is 0.326 e. The Morgan fingerprint density at radius 3 is 2.25 bits per heavy atom. The summed E-state index contributed by atoms with van der Waals surface area (Å²) >= 11 is 0. The summed E-state index contributed by atoms with van der Waals surface area (Å²) in [7, 11) is 0. The van der Waals surface area contributed by atoms with Gasteiger partial charge in [-0.05, 0) is 36.8 Å². The molecule has 0 aliphatic heterocycles. The number of hydrogen-bond donors (Lipinski definition) is 2.